The van der Waals surface area contributed by atoms with Gasteiger partial charge in [0.2, 0.25) is 5.91 Å². The Morgan fingerprint density at radius 2 is 1.96 bits per heavy atom. The van der Waals surface area contributed by atoms with Gasteiger partial charge in [-0.1, -0.05) is 25.0 Å². The van der Waals surface area contributed by atoms with Gasteiger partial charge in [-0.2, -0.15) is 23.3 Å². The summed E-state index contributed by atoms with van der Waals surface area (Å²) in [6, 6.07) is 4.92. The smallest absolute Gasteiger partial charge is 0.362 e. The number of hydrogen-bond donors (Lipinski definition) is 1. The number of rotatable bonds is 3. The predicted molar refractivity (Wildman–Crippen MR) is 88.7 cm³/mol. The SMILES string of the molecule is O=C(Cc1ccc([N+](=O)[O-])cc1)N1N=C2CCCCC[C@@H]2[C@@]1(O)C(F)(F)F. The van der Waals surface area contributed by atoms with Crippen LogP contribution in [0.3, 0.4) is 0 Å². The minimum atomic E-state index is -5.06. The van der Waals surface area contributed by atoms with Gasteiger partial charge >= 0.3 is 6.18 Å². The first-order valence-electron chi connectivity index (χ1n) is 8.57. The van der Waals surface area contributed by atoms with Crippen LogP contribution in [0.4, 0.5) is 18.9 Å². The van der Waals surface area contributed by atoms with E-state index in [1.807, 2.05) is 0 Å². The molecule has 0 saturated heterocycles. The van der Waals surface area contributed by atoms with Crippen LogP contribution in [0, 0.1) is 16.0 Å². The molecule has 1 aliphatic heterocycles. The van der Waals surface area contributed by atoms with Crippen LogP contribution < -0.4 is 0 Å². The number of non-ortho nitro benzene ring substituents is 1. The van der Waals surface area contributed by atoms with E-state index in [0.29, 0.717) is 24.8 Å². The van der Waals surface area contributed by atoms with Crippen molar-refractivity contribution >= 4 is 17.3 Å². The van der Waals surface area contributed by atoms with Gasteiger partial charge < -0.3 is 5.11 Å². The van der Waals surface area contributed by atoms with E-state index in [4.69, 9.17) is 0 Å². The maximum atomic E-state index is 13.7. The first kappa shape index (κ1) is 19.3. The molecule has 0 bridgehead atoms. The molecule has 2 aliphatic rings. The van der Waals surface area contributed by atoms with Crippen molar-refractivity contribution in [2.45, 2.75) is 50.4 Å². The maximum absolute atomic E-state index is 13.7. The zero-order valence-electron chi connectivity index (χ0n) is 14.3. The molecular formula is C17H18F3N3O4. The summed E-state index contributed by atoms with van der Waals surface area (Å²) in [7, 11) is 0. The van der Waals surface area contributed by atoms with Gasteiger partial charge in [-0.3, -0.25) is 14.9 Å². The second kappa shape index (κ2) is 6.91. The third-order valence-electron chi connectivity index (χ3n) is 5.02. The Morgan fingerprint density at radius 3 is 2.56 bits per heavy atom. The van der Waals surface area contributed by atoms with Crippen molar-refractivity contribution in [2.24, 2.45) is 11.0 Å². The van der Waals surface area contributed by atoms with E-state index in [1.165, 1.54) is 24.3 Å². The third-order valence-corrected chi connectivity index (χ3v) is 5.02. The van der Waals surface area contributed by atoms with E-state index < -0.39 is 35.1 Å². The van der Waals surface area contributed by atoms with Crippen molar-refractivity contribution in [1.29, 1.82) is 0 Å². The Kier molecular flexibility index (Phi) is 4.94. The maximum Gasteiger partial charge on any atom is 0.439 e. The molecule has 27 heavy (non-hydrogen) atoms. The number of alkyl halides is 3. The van der Waals surface area contributed by atoms with Crippen LogP contribution in [0.5, 0.6) is 0 Å². The first-order valence-corrected chi connectivity index (χ1v) is 8.57. The molecule has 0 unspecified atom stereocenters. The fourth-order valence-corrected chi connectivity index (χ4v) is 3.63. The lowest BCUT2D eigenvalue weighted by molar-refractivity contribution is -0.384. The van der Waals surface area contributed by atoms with E-state index in [0.717, 1.165) is 6.42 Å². The summed E-state index contributed by atoms with van der Waals surface area (Å²) in [5, 5.41) is 25.2. The summed E-state index contributed by atoms with van der Waals surface area (Å²) < 4.78 is 41.2. The molecule has 0 radical (unpaired) electrons. The highest BCUT2D eigenvalue weighted by atomic mass is 19.4. The standard InChI is InChI=1S/C17H18F3N3O4/c18-17(19,20)16(25)13-4-2-1-3-5-14(13)21-22(16)15(24)10-11-6-8-12(9-7-11)23(26)27/h6-9,13,25H,1-5,10H2/t13-,16+/m0/s1. The number of fused-ring (bicyclic) bond motifs is 1. The molecule has 0 spiro atoms. The number of aliphatic hydroxyl groups is 1. The highest BCUT2D eigenvalue weighted by molar-refractivity contribution is 5.93. The van der Waals surface area contributed by atoms with Crippen LogP contribution in [0.25, 0.3) is 0 Å². The van der Waals surface area contributed by atoms with Crippen molar-refractivity contribution in [2.75, 3.05) is 0 Å². The van der Waals surface area contributed by atoms with Crippen molar-refractivity contribution in [1.82, 2.24) is 5.01 Å². The number of nitro groups is 1. The average molecular weight is 385 g/mol. The Balaban J connectivity index is 1.88. The number of carbonyl (C=O) groups excluding carboxylic acids is 1. The molecule has 1 aromatic carbocycles. The van der Waals surface area contributed by atoms with E-state index in [2.05, 4.69) is 5.10 Å². The van der Waals surface area contributed by atoms with Gasteiger partial charge in [-0.15, -0.1) is 0 Å². The minimum absolute atomic E-state index is 0.107. The van der Waals surface area contributed by atoms with Gasteiger partial charge in [-0.05, 0) is 24.8 Å². The number of hydrazone groups is 1. The number of amides is 1. The Morgan fingerprint density at radius 1 is 1.30 bits per heavy atom. The quantitative estimate of drug-likeness (QED) is 0.639. The molecule has 7 nitrogen and oxygen atoms in total. The van der Waals surface area contributed by atoms with E-state index in [1.54, 1.807) is 0 Å². The normalized spacial score (nSPS) is 25.6. The molecule has 146 valence electrons. The van der Waals surface area contributed by atoms with Gasteiger partial charge in [0.1, 0.15) is 0 Å². The molecule has 1 saturated carbocycles. The summed E-state index contributed by atoms with van der Waals surface area (Å²) in [6.07, 6.45) is -3.17. The molecular weight excluding hydrogens is 367 g/mol. The molecule has 2 atom stereocenters. The van der Waals surface area contributed by atoms with E-state index >= 15 is 0 Å². The molecule has 1 aromatic rings. The largest absolute Gasteiger partial charge is 0.439 e. The summed E-state index contributed by atoms with van der Waals surface area (Å²) >= 11 is 0. The van der Waals surface area contributed by atoms with Crippen LogP contribution in [0.15, 0.2) is 29.4 Å². The van der Waals surface area contributed by atoms with E-state index in [9.17, 15) is 33.2 Å². The lowest BCUT2D eigenvalue weighted by atomic mass is 9.87. The van der Waals surface area contributed by atoms with Crippen molar-refractivity contribution in [3.05, 3.63) is 39.9 Å². The fourth-order valence-electron chi connectivity index (χ4n) is 3.63. The van der Waals surface area contributed by atoms with Gasteiger partial charge in [0, 0.05) is 17.8 Å². The number of halogens is 3. The second-order valence-electron chi connectivity index (χ2n) is 6.77. The van der Waals surface area contributed by atoms with Gasteiger partial charge in [0.05, 0.1) is 17.3 Å². The number of benzene rings is 1. The Hall–Kier alpha value is -2.49. The van der Waals surface area contributed by atoms with Crippen molar-refractivity contribution in [3.8, 4) is 0 Å². The predicted octanol–water partition coefficient (Wildman–Crippen LogP) is 3.17. The lowest BCUT2D eigenvalue weighted by Crippen LogP contribution is -2.61. The number of nitro benzene ring substituents is 1. The summed E-state index contributed by atoms with van der Waals surface area (Å²) in [4.78, 5) is 22.6. The number of nitrogens with zero attached hydrogens (tertiary/aromatic N) is 3. The van der Waals surface area contributed by atoms with Gasteiger partial charge in [0.15, 0.2) is 0 Å². The molecule has 1 heterocycles. The number of carbonyl (C=O) groups is 1. The lowest BCUT2D eigenvalue weighted by Gasteiger charge is -2.37. The van der Waals surface area contributed by atoms with Crippen molar-refractivity contribution < 1.29 is 28.0 Å². The van der Waals surface area contributed by atoms with Crippen LogP contribution in [-0.4, -0.2) is 38.6 Å². The monoisotopic (exact) mass is 385 g/mol. The molecule has 0 aromatic heterocycles. The summed E-state index contributed by atoms with van der Waals surface area (Å²) in [5.74, 6) is -2.27. The fraction of sp³-hybridized carbons (Fsp3) is 0.529. The highest BCUT2D eigenvalue weighted by Gasteiger charge is 2.68. The molecule has 1 N–H and O–H groups in total. The van der Waals surface area contributed by atoms with Crippen LogP contribution in [0.2, 0.25) is 0 Å². The third kappa shape index (κ3) is 3.41. The molecule has 1 fully saturated rings. The van der Waals surface area contributed by atoms with Crippen LogP contribution >= 0.6 is 0 Å². The molecule has 1 aliphatic carbocycles. The minimum Gasteiger partial charge on any atom is -0.362 e. The Labute approximate surface area is 152 Å². The zero-order valence-corrected chi connectivity index (χ0v) is 14.3. The van der Waals surface area contributed by atoms with Gasteiger partial charge in [-0.25, -0.2) is 0 Å². The average Bonchev–Trinajstić information content (AvgIpc) is 2.75. The molecule has 3 rings (SSSR count). The summed E-state index contributed by atoms with van der Waals surface area (Å²) in [6.45, 7) is 0. The van der Waals surface area contributed by atoms with E-state index in [-0.39, 0.29) is 22.8 Å². The van der Waals surface area contributed by atoms with Crippen LogP contribution in [0.1, 0.15) is 37.7 Å². The zero-order chi connectivity index (χ0) is 19.8. The Bertz CT molecular complexity index is 779. The van der Waals surface area contributed by atoms with Crippen molar-refractivity contribution in [3.63, 3.8) is 0 Å². The highest BCUT2D eigenvalue weighted by Crippen LogP contribution is 2.47. The summed E-state index contributed by atoms with van der Waals surface area (Å²) in [5.41, 5.74) is -3.06. The second-order valence-corrected chi connectivity index (χ2v) is 6.77. The van der Waals surface area contributed by atoms with Crippen LogP contribution in [-0.2, 0) is 11.2 Å². The van der Waals surface area contributed by atoms with Gasteiger partial charge in [0.25, 0.3) is 11.4 Å². The number of hydrogen-bond acceptors (Lipinski definition) is 5. The molecule has 10 heteroatoms. The molecule has 1 amide bonds. The topological polar surface area (TPSA) is 96.0 Å². The first-order chi connectivity index (χ1) is 12.6.